The molecule has 0 atom stereocenters. The molecule has 3 rings (SSSR count). The van der Waals surface area contributed by atoms with E-state index in [0.29, 0.717) is 10.9 Å². The summed E-state index contributed by atoms with van der Waals surface area (Å²) in [7, 11) is -4.21. The van der Waals surface area contributed by atoms with Crippen molar-refractivity contribution in [2.24, 2.45) is 0 Å². The molecule has 9 nitrogen and oxygen atoms in total. The Morgan fingerprint density at radius 3 is 2.38 bits per heavy atom. The van der Waals surface area contributed by atoms with E-state index >= 15 is 0 Å². The van der Waals surface area contributed by atoms with E-state index in [9.17, 15) is 31.7 Å². The number of hydrogen-bond acceptors (Lipinski definition) is 6. The van der Waals surface area contributed by atoms with Crippen LogP contribution in [0.4, 0.5) is 24.5 Å². The first-order chi connectivity index (χ1) is 13.5. The number of nitro groups is 1. The van der Waals surface area contributed by atoms with E-state index in [-0.39, 0.29) is 16.4 Å². The Labute approximate surface area is 165 Å². The van der Waals surface area contributed by atoms with Crippen LogP contribution in [-0.4, -0.2) is 28.3 Å². The Morgan fingerprint density at radius 1 is 1.14 bits per heavy atom. The van der Waals surface area contributed by atoms with Crippen molar-refractivity contribution in [3.05, 3.63) is 69.5 Å². The van der Waals surface area contributed by atoms with Gasteiger partial charge in [0.25, 0.3) is 15.7 Å². The van der Waals surface area contributed by atoms with Gasteiger partial charge in [-0.3, -0.25) is 14.8 Å². The van der Waals surface area contributed by atoms with Crippen LogP contribution in [0.2, 0.25) is 5.02 Å². The molecule has 0 aliphatic rings. The third kappa shape index (κ3) is 4.30. The molecule has 0 aliphatic heterocycles. The fourth-order valence-electron chi connectivity index (χ4n) is 2.30. The van der Waals surface area contributed by atoms with Gasteiger partial charge in [0.05, 0.1) is 21.7 Å². The van der Waals surface area contributed by atoms with E-state index in [0.717, 1.165) is 18.2 Å². The highest BCUT2D eigenvalue weighted by Crippen LogP contribution is 2.31. The molecule has 152 valence electrons. The summed E-state index contributed by atoms with van der Waals surface area (Å²) in [6.45, 7) is 0. The van der Waals surface area contributed by atoms with Crippen LogP contribution in [-0.2, 0) is 16.2 Å². The van der Waals surface area contributed by atoms with Gasteiger partial charge in [-0.05, 0) is 36.4 Å². The Hall–Kier alpha value is -3.19. The molecule has 0 aliphatic carbocycles. The van der Waals surface area contributed by atoms with Gasteiger partial charge in [-0.15, -0.1) is 5.10 Å². The molecule has 0 saturated carbocycles. The summed E-state index contributed by atoms with van der Waals surface area (Å²) in [6, 6.07) is 7.76. The lowest BCUT2D eigenvalue weighted by Crippen LogP contribution is -2.14. The zero-order valence-electron chi connectivity index (χ0n) is 14.0. The smallest absolute Gasteiger partial charge is 0.280 e. The van der Waals surface area contributed by atoms with Crippen molar-refractivity contribution in [3.8, 4) is 5.69 Å². The summed E-state index contributed by atoms with van der Waals surface area (Å²) >= 11 is 5.66. The van der Waals surface area contributed by atoms with Gasteiger partial charge in [0, 0.05) is 11.8 Å². The predicted molar refractivity (Wildman–Crippen MR) is 95.3 cm³/mol. The lowest BCUT2D eigenvalue weighted by Gasteiger charge is -2.11. The molecule has 0 bridgehead atoms. The summed E-state index contributed by atoms with van der Waals surface area (Å²) in [5.41, 5.74) is -1.67. The summed E-state index contributed by atoms with van der Waals surface area (Å²) in [4.78, 5) is 9.68. The fraction of sp³-hybridized carbons (Fsp3) is 0.0667. The van der Waals surface area contributed by atoms with Gasteiger partial charge < -0.3 is 0 Å². The van der Waals surface area contributed by atoms with Crippen LogP contribution in [0.1, 0.15) is 5.69 Å². The maximum absolute atomic E-state index is 12.9. The van der Waals surface area contributed by atoms with Crippen LogP contribution in [0.25, 0.3) is 5.69 Å². The molecular formula is C15H9ClF3N5O4S. The second-order valence-electron chi connectivity index (χ2n) is 5.55. The fourth-order valence-corrected chi connectivity index (χ4v) is 3.57. The first-order valence-electron chi connectivity index (χ1n) is 7.54. The first kappa shape index (κ1) is 20.5. The van der Waals surface area contributed by atoms with E-state index in [4.69, 9.17) is 11.6 Å². The van der Waals surface area contributed by atoms with Crippen LogP contribution in [0.15, 0.2) is 53.6 Å². The molecule has 1 heterocycles. The third-order valence-electron chi connectivity index (χ3n) is 3.63. The normalized spacial score (nSPS) is 12.0. The molecule has 0 unspecified atom stereocenters. The van der Waals surface area contributed by atoms with Crippen molar-refractivity contribution in [2.75, 3.05) is 4.72 Å². The average molecular weight is 448 g/mol. The molecule has 0 amide bonds. The number of nitrogens with zero attached hydrogens (tertiary/aromatic N) is 4. The molecule has 14 heteroatoms. The molecule has 2 aromatic carbocycles. The van der Waals surface area contributed by atoms with Crippen LogP contribution in [0.5, 0.6) is 0 Å². The molecule has 0 spiro atoms. The molecule has 3 aromatic rings. The number of benzene rings is 2. The number of anilines is 1. The van der Waals surface area contributed by atoms with E-state index in [1.807, 2.05) is 0 Å². The lowest BCUT2D eigenvalue weighted by molar-refractivity contribution is -0.384. The third-order valence-corrected chi connectivity index (χ3v) is 5.33. The minimum atomic E-state index is -4.67. The van der Waals surface area contributed by atoms with E-state index in [2.05, 4.69) is 15.0 Å². The van der Waals surface area contributed by atoms with Crippen molar-refractivity contribution < 1.29 is 26.5 Å². The Morgan fingerprint density at radius 2 is 1.79 bits per heavy atom. The molecule has 0 fully saturated rings. The van der Waals surface area contributed by atoms with Gasteiger partial charge in [0.2, 0.25) is 0 Å². The van der Waals surface area contributed by atoms with Gasteiger partial charge in [-0.1, -0.05) is 16.8 Å². The zero-order chi connectivity index (χ0) is 21.4. The molecule has 1 N–H and O–H groups in total. The zero-order valence-corrected chi connectivity index (χ0v) is 15.5. The topological polar surface area (TPSA) is 120 Å². The SMILES string of the molecule is O=[N+]([O-])c1cc(S(=O)(=O)Nc2ccc(-n3nncc3C(F)(F)F)cc2)ccc1Cl. The first-order valence-corrected chi connectivity index (χ1v) is 9.40. The van der Waals surface area contributed by atoms with Crippen molar-refractivity contribution in [3.63, 3.8) is 0 Å². The van der Waals surface area contributed by atoms with Crippen LogP contribution < -0.4 is 4.72 Å². The second-order valence-corrected chi connectivity index (χ2v) is 7.64. The molecule has 1 aromatic heterocycles. The van der Waals surface area contributed by atoms with Crippen molar-refractivity contribution in [1.29, 1.82) is 0 Å². The number of nitrogens with one attached hydrogen (secondary N) is 1. The van der Waals surface area contributed by atoms with Gasteiger partial charge in [0.1, 0.15) is 5.02 Å². The minimum Gasteiger partial charge on any atom is -0.280 e. The maximum atomic E-state index is 12.9. The lowest BCUT2D eigenvalue weighted by atomic mass is 10.3. The number of sulfonamides is 1. The molecule has 0 saturated heterocycles. The van der Waals surface area contributed by atoms with Crippen LogP contribution in [0.3, 0.4) is 0 Å². The van der Waals surface area contributed by atoms with Gasteiger partial charge >= 0.3 is 6.18 Å². The quantitative estimate of drug-likeness (QED) is 0.471. The van der Waals surface area contributed by atoms with Gasteiger partial charge in [-0.2, -0.15) is 13.2 Å². The average Bonchev–Trinajstić information content (AvgIpc) is 3.12. The summed E-state index contributed by atoms with van der Waals surface area (Å²) in [5.74, 6) is 0. The number of aromatic nitrogens is 3. The maximum Gasteiger partial charge on any atom is 0.435 e. The predicted octanol–water partition coefficient (Wildman–Crippen LogP) is 3.65. The van der Waals surface area contributed by atoms with E-state index < -0.39 is 37.4 Å². The van der Waals surface area contributed by atoms with Crippen molar-refractivity contribution in [1.82, 2.24) is 15.0 Å². The largest absolute Gasteiger partial charge is 0.435 e. The van der Waals surface area contributed by atoms with Crippen LogP contribution in [0, 0.1) is 10.1 Å². The molecule has 29 heavy (non-hydrogen) atoms. The summed E-state index contributed by atoms with van der Waals surface area (Å²) < 4.78 is 66.4. The van der Waals surface area contributed by atoms with Crippen molar-refractivity contribution >= 4 is 33.0 Å². The van der Waals surface area contributed by atoms with Gasteiger partial charge in [-0.25, -0.2) is 13.1 Å². The number of nitro benzene ring substituents is 1. The van der Waals surface area contributed by atoms with Crippen molar-refractivity contribution in [2.45, 2.75) is 11.1 Å². The van der Waals surface area contributed by atoms with Gasteiger partial charge in [0.15, 0.2) is 5.69 Å². The van der Waals surface area contributed by atoms with E-state index in [1.165, 1.54) is 24.3 Å². The number of alkyl halides is 3. The molecular weight excluding hydrogens is 439 g/mol. The highest BCUT2D eigenvalue weighted by molar-refractivity contribution is 7.92. The van der Waals surface area contributed by atoms with Crippen LogP contribution >= 0.6 is 11.6 Å². The van der Waals surface area contributed by atoms with E-state index in [1.54, 1.807) is 0 Å². The highest BCUT2D eigenvalue weighted by Gasteiger charge is 2.36. The molecule has 0 radical (unpaired) electrons. The monoisotopic (exact) mass is 447 g/mol. The highest BCUT2D eigenvalue weighted by atomic mass is 35.5. The summed E-state index contributed by atoms with van der Waals surface area (Å²) in [5, 5.41) is 17.3. The summed E-state index contributed by atoms with van der Waals surface area (Å²) in [6.07, 6.45) is -4.11. The Kier molecular flexibility index (Phi) is 5.19. The minimum absolute atomic E-state index is 0.0000891. The number of rotatable bonds is 5. The standard InChI is InChI=1S/C15H9ClF3N5O4S/c16-12-6-5-11(7-13(12)24(25)26)29(27,28)21-9-1-3-10(4-2-9)23-14(8-20-22-23)15(17,18)19/h1-8,21H. The Bertz CT molecular complexity index is 1180. The Balaban J connectivity index is 1.88. The number of hydrogen-bond donors (Lipinski definition) is 1. The second kappa shape index (κ2) is 7.33. The number of halogens is 4.